The van der Waals surface area contributed by atoms with Crippen LogP contribution in [0.4, 0.5) is 26.3 Å². The van der Waals surface area contributed by atoms with Crippen LogP contribution in [0.15, 0.2) is 42.5 Å². The SMILES string of the molecule is O=C(c1cc(C(F)(F)F)cc(C(F)(F)F)c1)N1CC[C@@H](N2CCCC2)[C@@H](c2ccc(Cl)cc2)C1. The number of likely N-dealkylation sites (tertiary alicyclic amines) is 2. The molecule has 2 aromatic rings. The second-order valence-electron chi connectivity index (χ2n) is 8.80. The predicted molar refractivity (Wildman–Crippen MR) is 116 cm³/mol. The van der Waals surface area contributed by atoms with E-state index in [1.807, 2.05) is 12.1 Å². The maximum absolute atomic E-state index is 13.3. The second kappa shape index (κ2) is 9.41. The van der Waals surface area contributed by atoms with Crippen molar-refractivity contribution in [1.82, 2.24) is 9.80 Å². The molecule has 10 heteroatoms. The summed E-state index contributed by atoms with van der Waals surface area (Å²) in [7, 11) is 0. The van der Waals surface area contributed by atoms with Gasteiger partial charge < -0.3 is 4.90 Å². The number of carbonyl (C=O) groups is 1. The van der Waals surface area contributed by atoms with E-state index in [-0.39, 0.29) is 31.1 Å². The van der Waals surface area contributed by atoms with Crippen LogP contribution in [0.1, 0.15) is 52.2 Å². The van der Waals surface area contributed by atoms with Gasteiger partial charge in [0.05, 0.1) is 11.1 Å². The first kappa shape index (κ1) is 24.9. The quantitative estimate of drug-likeness (QED) is 0.447. The van der Waals surface area contributed by atoms with Crippen molar-refractivity contribution in [2.75, 3.05) is 26.2 Å². The van der Waals surface area contributed by atoms with Gasteiger partial charge >= 0.3 is 12.4 Å². The lowest BCUT2D eigenvalue weighted by Gasteiger charge is -2.43. The van der Waals surface area contributed by atoms with Crippen LogP contribution in [-0.4, -0.2) is 47.9 Å². The topological polar surface area (TPSA) is 23.6 Å². The third-order valence-electron chi connectivity index (χ3n) is 6.61. The van der Waals surface area contributed by atoms with Gasteiger partial charge in [-0.15, -0.1) is 0 Å². The highest BCUT2D eigenvalue weighted by Crippen LogP contribution is 2.38. The molecule has 2 aliphatic heterocycles. The molecule has 0 N–H and O–H groups in total. The Labute approximate surface area is 198 Å². The number of rotatable bonds is 3. The number of hydrogen-bond acceptors (Lipinski definition) is 2. The molecule has 0 saturated carbocycles. The zero-order valence-corrected chi connectivity index (χ0v) is 18.9. The van der Waals surface area contributed by atoms with Crippen molar-refractivity contribution in [2.24, 2.45) is 0 Å². The minimum Gasteiger partial charge on any atom is -0.338 e. The Morgan fingerprint density at radius 1 is 0.853 bits per heavy atom. The van der Waals surface area contributed by atoms with Crippen molar-refractivity contribution in [1.29, 1.82) is 0 Å². The molecule has 3 nitrogen and oxygen atoms in total. The Morgan fingerprint density at radius 3 is 1.94 bits per heavy atom. The van der Waals surface area contributed by atoms with Gasteiger partial charge in [-0.05, 0) is 68.2 Å². The minimum atomic E-state index is -5.01. The molecule has 2 fully saturated rings. The summed E-state index contributed by atoms with van der Waals surface area (Å²) < 4.78 is 79.6. The van der Waals surface area contributed by atoms with Crippen LogP contribution in [-0.2, 0) is 12.4 Å². The van der Waals surface area contributed by atoms with Crippen molar-refractivity contribution in [3.05, 3.63) is 69.7 Å². The zero-order chi connectivity index (χ0) is 24.7. The van der Waals surface area contributed by atoms with Crippen molar-refractivity contribution in [3.8, 4) is 0 Å². The molecule has 2 saturated heterocycles. The van der Waals surface area contributed by atoms with E-state index in [1.165, 1.54) is 4.90 Å². The predicted octanol–water partition coefficient (Wildman–Crippen LogP) is 6.47. The van der Waals surface area contributed by atoms with Gasteiger partial charge in [0.15, 0.2) is 0 Å². The number of piperidine rings is 1. The molecule has 0 unspecified atom stereocenters. The van der Waals surface area contributed by atoms with Gasteiger partial charge in [-0.2, -0.15) is 26.3 Å². The summed E-state index contributed by atoms with van der Waals surface area (Å²) in [5.41, 5.74) is -2.67. The normalized spacial score (nSPS) is 22.3. The summed E-state index contributed by atoms with van der Waals surface area (Å²) in [5.74, 6) is -0.976. The fraction of sp³-hybridized carbons (Fsp3) is 0.458. The lowest BCUT2D eigenvalue weighted by molar-refractivity contribution is -0.143. The summed E-state index contributed by atoms with van der Waals surface area (Å²) in [6, 6.07) is 8.35. The summed E-state index contributed by atoms with van der Waals surface area (Å²) in [6.07, 6.45) is -7.31. The Morgan fingerprint density at radius 2 is 1.41 bits per heavy atom. The first-order valence-corrected chi connectivity index (χ1v) is 11.4. The summed E-state index contributed by atoms with van der Waals surface area (Å²) in [5, 5.41) is 0.550. The standard InChI is InChI=1S/C24H23ClF6N2O/c25-19-5-3-15(4-6-19)20-14-33(10-7-21(20)32-8-1-2-9-32)22(34)16-11-17(23(26,27)28)13-18(12-16)24(29,30)31/h3-6,11-13,20-21H,1-2,7-10,14H2/t20-,21-/m1/s1. The van der Waals surface area contributed by atoms with Gasteiger partial charge in [-0.3, -0.25) is 9.69 Å². The average molecular weight is 505 g/mol. The van der Waals surface area contributed by atoms with Crippen LogP contribution < -0.4 is 0 Å². The highest BCUT2D eigenvalue weighted by molar-refractivity contribution is 6.30. The highest BCUT2D eigenvalue weighted by Gasteiger charge is 2.40. The zero-order valence-electron chi connectivity index (χ0n) is 18.1. The Kier molecular flexibility index (Phi) is 6.88. The third-order valence-corrected chi connectivity index (χ3v) is 6.86. The Bertz CT molecular complexity index is 999. The molecule has 2 heterocycles. The fourth-order valence-corrected chi connectivity index (χ4v) is 5.06. The molecule has 2 aromatic carbocycles. The monoisotopic (exact) mass is 504 g/mol. The van der Waals surface area contributed by atoms with Crippen molar-refractivity contribution in [2.45, 2.75) is 43.6 Å². The van der Waals surface area contributed by atoms with Gasteiger partial charge in [0.25, 0.3) is 5.91 Å². The van der Waals surface area contributed by atoms with Crippen molar-refractivity contribution in [3.63, 3.8) is 0 Å². The number of benzene rings is 2. The lowest BCUT2D eigenvalue weighted by atomic mass is 9.84. The largest absolute Gasteiger partial charge is 0.416 e. The van der Waals surface area contributed by atoms with E-state index in [4.69, 9.17) is 11.6 Å². The van der Waals surface area contributed by atoms with E-state index in [9.17, 15) is 31.1 Å². The molecule has 184 valence electrons. The van der Waals surface area contributed by atoms with E-state index in [2.05, 4.69) is 4.90 Å². The van der Waals surface area contributed by atoms with Gasteiger partial charge in [-0.25, -0.2) is 0 Å². The number of carbonyl (C=O) groups excluding carboxylic acids is 1. The molecule has 1 amide bonds. The third kappa shape index (κ3) is 5.35. The van der Waals surface area contributed by atoms with Crippen LogP contribution in [0.2, 0.25) is 5.02 Å². The smallest absolute Gasteiger partial charge is 0.338 e. The number of alkyl halides is 6. The highest BCUT2D eigenvalue weighted by atomic mass is 35.5. The van der Waals surface area contributed by atoms with Crippen LogP contribution in [0.5, 0.6) is 0 Å². The van der Waals surface area contributed by atoms with Gasteiger partial charge in [-0.1, -0.05) is 23.7 Å². The van der Waals surface area contributed by atoms with Crippen LogP contribution in [0.25, 0.3) is 0 Å². The Hall–Kier alpha value is -2.26. The fourth-order valence-electron chi connectivity index (χ4n) is 4.93. The summed E-state index contributed by atoms with van der Waals surface area (Å²) >= 11 is 6.02. The molecule has 2 atom stereocenters. The molecule has 0 spiro atoms. The molecule has 2 aliphatic rings. The molecule has 4 rings (SSSR count). The average Bonchev–Trinajstić information content (AvgIpc) is 3.32. The first-order chi connectivity index (χ1) is 15.9. The van der Waals surface area contributed by atoms with Crippen LogP contribution in [0, 0.1) is 0 Å². The summed E-state index contributed by atoms with van der Waals surface area (Å²) in [6.45, 7) is 2.29. The van der Waals surface area contributed by atoms with Crippen LogP contribution >= 0.6 is 11.6 Å². The molecule has 0 aromatic heterocycles. The van der Waals surface area contributed by atoms with E-state index in [0.717, 1.165) is 31.5 Å². The lowest BCUT2D eigenvalue weighted by Crippen LogP contribution is -2.50. The molecule has 0 aliphatic carbocycles. The van der Waals surface area contributed by atoms with Gasteiger partial charge in [0.2, 0.25) is 0 Å². The number of halogens is 7. The maximum Gasteiger partial charge on any atom is 0.416 e. The van der Waals surface area contributed by atoms with Crippen molar-refractivity contribution < 1.29 is 31.1 Å². The molecule has 34 heavy (non-hydrogen) atoms. The maximum atomic E-state index is 13.3. The minimum absolute atomic E-state index is 0.0346. The molecular weight excluding hydrogens is 482 g/mol. The van der Waals surface area contributed by atoms with Gasteiger partial charge in [0.1, 0.15) is 0 Å². The Balaban J connectivity index is 1.65. The van der Waals surface area contributed by atoms with Crippen molar-refractivity contribution >= 4 is 17.5 Å². The van der Waals surface area contributed by atoms with E-state index in [0.29, 0.717) is 23.6 Å². The summed E-state index contributed by atoms with van der Waals surface area (Å²) in [4.78, 5) is 16.9. The second-order valence-corrected chi connectivity index (χ2v) is 9.24. The number of nitrogens with zero attached hydrogens (tertiary/aromatic N) is 2. The van der Waals surface area contributed by atoms with Gasteiger partial charge in [0, 0.05) is 35.6 Å². The first-order valence-electron chi connectivity index (χ1n) is 11.0. The number of amides is 1. The molecule has 0 radical (unpaired) electrons. The van der Waals surface area contributed by atoms with E-state index < -0.39 is 35.0 Å². The van der Waals surface area contributed by atoms with Crippen LogP contribution in [0.3, 0.4) is 0 Å². The molecule has 0 bridgehead atoms. The van der Waals surface area contributed by atoms with E-state index in [1.54, 1.807) is 12.1 Å². The molecular formula is C24H23ClF6N2O. The van der Waals surface area contributed by atoms with E-state index >= 15 is 0 Å². The number of hydrogen-bond donors (Lipinski definition) is 0.